The van der Waals surface area contributed by atoms with Gasteiger partial charge in [0.05, 0.1) is 11.2 Å². The Kier molecular flexibility index (Phi) is 4.78. The van der Waals surface area contributed by atoms with Crippen LogP contribution < -0.4 is 5.46 Å². The van der Waals surface area contributed by atoms with E-state index in [0.717, 1.165) is 22.7 Å². The van der Waals surface area contributed by atoms with Crippen LogP contribution in [0.4, 0.5) is 8.78 Å². The van der Waals surface area contributed by atoms with Crippen molar-refractivity contribution in [1.29, 1.82) is 0 Å². The Balaban J connectivity index is 2.20. The number of benzene rings is 1. The summed E-state index contributed by atoms with van der Waals surface area (Å²) in [5.74, 6) is 0. The van der Waals surface area contributed by atoms with Crippen LogP contribution in [0.3, 0.4) is 0 Å². The molecule has 1 aliphatic rings. The Hall–Kier alpha value is -1.20. The Morgan fingerprint density at radius 3 is 2.23 bits per heavy atom. The fourth-order valence-electron chi connectivity index (χ4n) is 2.89. The van der Waals surface area contributed by atoms with Crippen LogP contribution in [0.15, 0.2) is 30.4 Å². The van der Waals surface area contributed by atoms with Crippen LogP contribution in [0.5, 0.6) is 0 Å². The van der Waals surface area contributed by atoms with Crippen molar-refractivity contribution in [2.75, 3.05) is 0 Å². The SMILES string of the molecule is Cc1cc(C)cc(B2OC(C)(C)C(C)(CCC=C(F)F)O2)c1. The number of aryl methyl sites for hydroxylation is 2. The van der Waals surface area contributed by atoms with Crippen molar-refractivity contribution in [3.8, 4) is 0 Å². The molecule has 1 aromatic rings. The molecule has 0 N–H and O–H groups in total. The molecule has 0 radical (unpaired) electrons. The molecule has 0 aliphatic carbocycles. The highest BCUT2D eigenvalue weighted by Gasteiger charge is 2.54. The van der Waals surface area contributed by atoms with E-state index in [-0.39, 0.29) is 6.42 Å². The molecule has 0 saturated carbocycles. The minimum atomic E-state index is -1.65. The second-order valence-electron chi connectivity index (χ2n) is 6.76. The average molecular weight is 308 g/mol. The van der Waals surface area contributed by atoms with Gasteiger partial charge < -0.3 is 9.31 Å². The fraction of sp³-hybridized carbons (Fsp3) is 0.529. The van der Waals surface area contributed by atoms with Gasteiger partial charge in [0.1, 0.15) is 0 Å². The first kappa shape index (κ1) is 17.2. The van der Waals surface area contributed by atoms with Crippen molar-refractivity contribution >= 4 is 12.6 Å². The largest absolute Gasteiger partial charge is 0.494 e. The van der Waals surface area contributed by atoms with Crippen molar-refractivity contribution in [1.82, 2.24) is 0 Å². The Labute approximate surface area is 131 Å². The molecule has 1 aromatic carbocycles. The third kappa shape index (κ3) is 3.58. The number of halogens is 2. The van der Waals surface area contributed by atoms with Crippen LogP contribution in [-0.4, -0.2) is 18.3 Å². The first-order valence-corrected chi connectivity index (χ1v) is 7.58. The summed E-state index contributed by atoms with van der Waals surface area (Å²) < 4.78 is 36.7. The highest BCUT2D eigenvalue weighted by atomic mass is 19.3. The fourth-order valence-corrected chi connectivity index (χ4v) is 2.89. The monoisotopic (exact) mass is 308 g/mol. The summed E-state index contributed by atoms with van der Waals surface area (Å²) in [6.45, 7) is 9.89. The van der Waals surface area contributed by atoms with E-state index in [1.165, 1.54) is 0 Å². The van der Waals surface area contributed by atoms with Crippen LogP contribution in [0, 0.1) is 13.8 Å². The molecule has 22 heavy (non-hydrogen) atoms. The lowest BCUT2D eigenvalue weighted by Gasteiger charge is -2.36. The van der Waals surface area contributed by atoms with Crippen molar-refractivity contribution in [3.05, 3.63) is 41.5 Å². The van der Waals surface area contributed by atoms with E-state index >= 15 is 0 Å². The molecule has 5 heteroatoms. The molecular weight excluding hydrogens is 285 g/mol. The van der Waals surface area contributed by atoms with E-state index in [4.69, 9.17) is 9.31 Å². The zero-order chi connectivity index (χ0) is 16.5. The van der Waals surface area contributed by atoms with E-state index < -0.39 is 24.4 Å². The summed E-state index contributed by atoms with van der Waals surface area (Å²) >= 11 is 0. The van der Waals surface area contributed by atoms with Gasteiger partial charge in [0.2, 0.25) is 0 Å². The van der Waals surface area contributed by atoms with E-state index in [2.05, 4.69) is 6.07 Å². The maximum Gasteiger partial charge on any atom is 0.494 e. The predicted octanol–water partition coefficient (Wildman–Crippen LogP) is 4.14. The molecule has 1 atom stereocenters. The van der Waals surface area contributed by atoms with E-state index in [1.54, 1.807) is 0 Å². The maximum absolute atomic E-state index is 12.2. The third-order valence-corrected chi connectivity index (χ3v) is 4.48. The molecule has 0 aromatic heterocycles. The van der Waals surface area contributed by atoms with E-state index in [9.17, 15) is 8.78 Å². The molecule has 2 rings (SSSR count). The summed E-state index contributed by atoms with van der Waals surface area (Å²) in [7, 11) is -0.460. The van der Waals surface area contributed by atoms with Crippen LogP contribution in [0.2, 0.25) is 0 Å². The molecule has 1 heterocycles. The van der Waals surface area contributed by atoms with Gasteiger partial charge in [-0.2, -0.15) is 8.78 Å². The maximum atomic E-state index is 12.2. The summed E-state index contributed by atoms with van der Waals surface area (Å²) in [4.78, 5) is 0. The topological polar surface area (TPSA) is 18.5 Å². The van der Waals surface area contributed by atoms with Crippen LogP contribution in [0.1, 0.15) is 44.7 Å². The van der Waals surface area contributed by atoms with Gasteiger partial charge in [0, 0.05) is 0 Å². The Morgan fingerprint density at radius 1 is 1.09 bits per heavy atom. The number of rotatable bonds is 4. The normalized spacial score (nSPS) is 23.7. The third-order valence-electron chi connectivity index (χ3n) is 4.48. The zero-order valence-electron chi connectivity index (χ0n) is 13.9. The highest BCUT2D eigenvalue weighted by Crippen LogP contribution is 2.40. The van der Waals surface area contributed by atoms with Gasteiger partial charge in [0.15, 0.2) is 0 Å². The van der Waals surface area contributed by atoms with Gasteiger partial charge in [-0.05, 0) is 59.0 Å². The van der Waals surface area contributed by atoms with Crippen LogP contribution in [0.25, 0.3) is 0 Å². The van der Waals surface area contributed by atoms with Gasteiger partial charge in [-0.3, -0.25) is 0 Å². The van der Waals surface area contributed by atoms with Crippen molar-refractivity contribution < 1.29 is 18.1 Å². The molecule has 1 unspecified atom stereocenters. The predicted molar refractivity (Wildman–Crippen MR) is 85.5 cm³/mol. The van der Waals surface area contributed by atoms with Gasteiger partial charge in [-0.25, -0.2) is 0 Å². The molecule has 120 valence electrons. The van der Waals surface area contributed by atoms with Gasteiger partial charge in [0.25, 0.3) is 6.08 Å². The Morgan fingerprint density at radius 2 is 1.68 bits per heavy atom. The lowest BCUT2D eigenvalue weighted by atomic mass is 9.77. The smallest absolute Gasteiger partial charge is 0.399 e. The van der Waals surface area contributed by atoms with Gasteiger partial charge in [-0.1, -0.05) is 29.3 Å². The lowest BCUT2D eigenvalue weighted by molar-refractivity contribution is -0.0149. The molecule has 0 bridgehead atoms. The zero-order valence-corrected chi connectivity index (χ0v) is 13.9. The molecule has 0 amide bonds. The number of hydrogen-bond acceptors (Lipinski definition) is 2. The molecule has 1 fully saturated rings. The lowest BCUT2D eigenvalue weighted by Crippen LogP contribution is -2.44. The summed E-state index contributed by atoms with van der Waals surface area (Å²) in [6.07, 6.45) is 0.0461. The summed E-state index contributed by atoms with van der Waals surface area (Å²) in [6, 6.07) is 6.18. The minimum absolute atomic E-state index is 0.269. The van der Waals surface area contributed by atoms with E-state index in [1.807, 2.05) is 46.8 Å². The van der Waals surface area contributed by atoms with Crippen molar-refractivity contribution in [3.63, 3.8) is 0 Å². The number of hydrogen-bond donors (Lipinski definition) is 0. The van der Waals surface area contributed by atoms with Crippen LogP contribution >= 0.6 is 0 Å². The highest BCUT2D eigenvalue weighted by molar-refractivity contribution is 6.62. The van der Waals surface area contributed by atoms with Crippen LogP contribution in [-0.2, 0) is 9.31 Å². The van der Waals surface area contributed by atoms with E-state index in [0.29, 0.717) is 6.42 Å². The minimum Gasteiger partial charge on any atom is -0.399 e. The summed E-state index contributed by atoms with van der Waals surface area (Å²) in [5.41, 5.74) is 2.12. The standard InChI is InChI=1S/C17H23BF2O2/c1-12-9-13(2)11-14(10-12)18-21-16(3,4)17(5,22-18)8-6-7-15(19)20/h7,9-11H,6,8H2,1-5H3. The summed E-state index contributed by atoms with van der Waals surface area (Å²) in [5, 5.41) is 0. The molecule has 0 spiro atoms. The second kappa shape index (κ2) is 6.13. The molecular formula is C17H23BF2O2. The molecule has 1 aliphatic heterocycles. The first-order chi connectivity index (χ1) is 10.1. The quantitative estimate of drug-likeness (QED) is 0.778. The van der Waals surface area contributed by atoms with Crippen molar-refractivity contribution in [2.24, 2.45) is 0 Å². The molecule has 2 nitrogen and oxygen atoms in total. The van der Waals surface area contributed by atoms with Crippen molar-refractivity contribution in [2.45, 2.75) is 58.7 Å². The molecule has 1 saturated heterocycles. The Bertz CT molecular complexity index is 562. The number of allylic oxidation sites excluding steroid dienone is 1. The van der Waals surface area contributed by atoms with Gasteiger partial charge >= 0.3 is 7.12 Å². The second-order valence-corrected chi connectivity index (χ2v) is 6.76. The average Bonchev–Trinajstić information content (AvgIpc) is 2.59. The first-order valence-electron chi connectivity index (χ1n) is 7.58. The van der Waals surface area contributed by atoms with Gasteiger partial charge in [-0.15, -0.1) is 0 Å².